The van der Waals surface area contributed by atoms with Crippen LogP contribution in [0.2, 0.25) is 0 Å². The monoisotopic (exact) mass is 376 g/mol. The smallest absolute Gasteiger partial charge is 0.237 e. The second kappa shape index (κ2) is 6.98. The number of aromatic nitrogens is 2. The topological polar surface area (TPSA) is 48.2 Å². The van der Waals surface area contributed by atoms with Crippen LogP contribution >= 0.6 is 27.7 Å². The molecule has 0 fully saturated rings. The molecule has 0 N–H and O–H groups in total. The number of thioether (sulfide) groups is 1. The first kappa shape index (κ1) is 15.1. The van der Waals surface area contributed by atoms with Crippen LogP contribution in [0.4, 0.5) is 0 Å². The molecule has 1 aromatic heterocycles. The van der Waals surface area contributed by atoms with E-state index in [-0.39, 0.29) is 0 Å². The molecule has 0 unspecified atom stereocenters. The van der Waals surface area contributed by atoms with Gasteiger partial charge in [0.1, 0.15) is 5.75 Å². The molecule has 6 heteroatoms. The Balaban J connectivity index is 1.72. The number of methoxy groups -OCH3 is 1. The van der Waals surface area contributed by atoms with Gasteiger partial charge in [-0.3, -0.25) is 0 Å². The highest BCUT2D eigenvalue weighted by atomic mass is 79.9. The van der Waals surface area contributed by atoms with Gasteiger partial charge in [0, 0.05) is 14.9 Å². The van der Waals surface area contributed by atoms with Gasteiger partial charge >= 0.3 is 0 Å². The molecule has 0 saturated heterocycles. The third kappa shape index (κ3) is 3.51. The Morgan fingerprint density at radius 3 is 2.86 bits per heavy atom. The van der Waals surface area contributed by atoms with Crippen LogP contribution in [0.3, 0.4) is 0 Å². The van der Waals surface area contributed by atoms with Gasteiger partial charge < -0.3 is 9.26 Å². The number of ether oxygens (including phenoxy) is 1. The molecule has 22 heavy (non-hydrogen) atoms. The van der Waals surface area contributed by atoms with Gasteiger partial charge in [0.25, 0.3) is 0 Å². The standard InChI is InChI=1S/C16H13BrN2O2S/c1-20-12-6-4-5-11(9-12)16-18-15(21-19-16)10-22-14-8-3-2-7-13(14)17/h2-9H,10H2,1H3. The van der Waals surface area contributed by atoms with Crippen LogP contribution in [-0.2, 0) is 5.75 Å². The van der Waals surface area contributed by atoms with Crippen molar-refractivity contribution < 1.29 is 9.26 Å². The first-order valence-electron chi connectivity index (χ1n) is 6.60. The zero-order chi connectivity index (χ0) is 15.4. The molecule has 4 nitrogen and oxygen atoms in total. The molecule has 0 amide bonds. The summed E-state index contributed by atoms with van der Waals surface area (Å²) < 4.78 is 11.6. The number of hydrogen-bond acceptors (Lipinski definition) is 5. The molecular weight excluding hydrogens is 364 g/mol. The quantitative estimate of drug-likeness (QED) is 0.598. The average Bonchev–Trinajstić information content (AvgIpc) is 3.03. The van der Waals surface area contributed by atoms with Crippen molar-refractivity contribution in [1.29, 1.82) is 0 Å². The number of hydrogen-bond donors (Lipinski definition) is 0. The summed E-state index contributed by atoms with van der Waals surface area (Å²) in [5.41, 5.74) is 0.875. The van der Waals surface area contributed by atoms with Crippen molar-refractivity contribution in [2.24, 2.45) is 0 Å². The molecule has 0 aliphatic carbocycles. The van der Waals surface area contributed by atoms with Crippen molar-refractivity contribution >= 4 is 27.7 Å². The Morgan fingerprint density at radius 2 is 2.05 bits per heavy atom. The summed E-state index contributed by atoms with van der Waals surface area (Å²) in [6.45, 7) is 0. The Bertz CT molecular complexity index is 776. The van der Waals surface area contributed by atoms with Crippen molar-refractivity contribution in [2.75, 3.05) is 7.11 Å². The maximum atomic E-state index is 5.32. The number of nitrogens with zero attached hydrogens (tertiary/aromatic N) is 2. The molecule has 1 heterocycles. The fraction of sp³-hybridized carbons (Fsp3) is 0.125. The second-order valence-electron chi connectivity index (χ2n) is 4.46. The molecule has 0 saturated carbocycles. The first-order chi connectivity index (χ1) is 10.8. The van der Waals surface area contributed by atoms with Crippen molar-refractivity contribution in [3.63, 3.8) is 0 Å². The summed E-state index contributed by atoms with van der Waals surface area (Å²) in [5, 5.41) is 4.03. The predicted octanol–water partition coefficient (Wildman–Crippen LogP) is 4.80. The highest BCUT2D eigenvalue weighted by Gasteiger charge is 2.10. The van der Waals surface area contributed by atoms with Gasteiger partial charge in [-0.15, -0.1) is 11.8 Å². The Hall–Kier alpha value is -1.79. The van der Waals surface area contributed by atoms with Gasteiger partial charge in [0.15, 0.2) is 0 Å². The number of benzene rings is 2. The molecule has 0 aliphatic rings. The molecule has 0 atom stereocenters. The summed E-state index contributed by atoms with van der Waals surface area (Å²) in [7, 11) is 1.63. The Morgan fingerprint density at radius 1 is 1.18 bits per heavy atom. The minimum Gasteiger partial charge on any atom is -0.497 e. The van der Waals surface area contributed by atoms with E-state index in [1.807, 2.05) is 48.5 Å². The number of halogens is 1. The highest BCUT2D eigenvalue weighted by molar-refractivity contribution is 9.10. The average molecular weight is 377 g/mol. The van der Waals surface area contributed by atoms with Gasteiger partial charge in [-0.25, -0.2) is 0 Å². The van der Waals surface area contributed by atoms with E-state index < -0.39 is 0 Å². The van der Waals surface area contributed by atoms with Crippen LogP contribution < -0.4 is 4.74 Å². The maximum Gasteiger partial charge on any atom is 0.237 e. The predicted molar refractivity (Wildman–Crippen MR) is 90.0 cm³/mol. The van der Waals surface area contributed by atoms with Crippen molar-refractivity contribution in [1.82, 2.24) is 10.1 Å². The van der Waals surface area contributed by atoms with E-state index in [4.69, 9.17) is 9.26 Å². The zero-order valence-corrected chi connectivity index (χ0v) is 14.2. The Kier molecular flexibility index (Phi) is 4.80. The van der Waals surface area contributed by atoms with Crippen LogP contribution in [0.5, 0.6) is 5.75 Å². The highest BCUT2D eigenvalue weighted by Crippen LogP contribution is 2.30. The van der Waals surface area contributed by atoms with Gasteiger partial charge in [-0.2, -0.15) is 4.98 Å². The van der Waals surface area contributed by atoms with Gasteiger partial charge in [-0.1, -0.05) is 29.4 Å². The van der Waals surface area contributed by atoms with Crippen LogP contribution in [-0.4, -0.2) is 17.3 Å². The van der Waals surface area contributed by atoms with Crippen LogP contribution in [0.25, 0.3) is 11.4 Å². The number of rotatable bonds is 5. The largest absolute Gasteiger partial charge is 0.497 e. The lowest BCUT2D eigenvalue weighted by atomic mass is 10.2. The zero-order valence-electron chi connectivity index (χ0n) is 11.8. The lowest BCUT2D eigenvalue weighted by Gasteiger charge is -2.01. The molecule has 2 aromatic carbocycles. The summed E-state index contributed by atoms with van der Waals surface area (Å²) >= 11 is 5.17. The van der Waals surface area contributed by atoms with Gasteiger partial charge in [0.05, 0.1) is 12.9 Å². The normalized spacial score (nSPS) is 10.6. The lowest BCUT2D eigenvalue weighted by molar-refractivity contribution is 0.391. The van der Waals surface area contributed by atoms with Crippen LogP contribution in [0.15, 0.2) is 62.4 Å². The lowest BCUT2D eigenvalue weighted by Crippen LogP contribution is -1.86. The van der Waals surface area contributed by atoms with E-state index in [0.29, 0.717) is 17.5 Å². The van der Waals surface area contributed by atoms with Gasteiger partial charge in [0.2, 0.25) is 11.7 Å². The third-order valence-electron chi connectivity index (χ3n) is 2.98. The molecule has 112 valence electrons. The fourth-order valence-electron chi connectivity index (χ4n) is 1.89. The molecule has 0 bridgehead atoms. The summed E-state index contributed by atoms with van der Waals surface area (Å²) in [5.74, 6) is 2.56. The van der Waals surface area contributed by atoms with Crippen molar-refractivity contribution in [3.05, 3.63) is 58.9 Å². The molecule has 0 spiro atoms. The summed E-state index contributed by atoms with van der Waals surface area (Å²) in [6, 6.07) is 15.6. The first-order valence-corrected chi connectivity index (χ1v) is 8.38. The minimum atomic E-state index is 0.571. The van der Waals surface area contributed by atoms with E-state index >= 15 is 0 Å². The maximum absolute atomic E-state index is 5.32. The molecule has 0 aliphatic heterocycles. The van der Waals surface area contributed by atoms with E-state index in [1.54, 1.807) is 18.9 Å². The van der Waals surface area contributed by atoms with E-state index in [9.17, 15) is 0 Å². The van der Waals surface area contributed by atoms with Crippen molar-refractivity contribution in [3.8, 4) is 17.1 Å². The van der Waals surface area contributed by atoms with Gasteiger partial charge in [-0.05, 0) is 40.2 Å². The summed E-state index contributed by atoms with van der Waals surface area (Å²) in [4.78, 5) is 5.57. The molecular formula is C16H13BrN2O2S. The van der Waals surface area contributed by atoms with E-state index in [0.717, 1.165) is 20.7 Å². The van der Waals surface area contributed by atoms with E-state index in [1.165, 1.54) is 0 Å². The fourth-order valence-corrected chi connectivity index (χ4v) is 3.30. The van der Waals surface area contributed by atoms with Crippen molar-refractivity contribution in [2.45, 2.75) is 10.6 Å². The van der Waals surface area contributed by atoms with E-state index in [2.05, 4.69) is 26.1 Å². The second-order valence-corrected chi connectivity index (χ2v) is 6.33. The third-order valence-corrected chi connectivity index (χ3v) is 5.00. The molecule has 3 aromatic rings. The SMILES string of the molecule is COc1cccc(-c2noc(CSc3ccccc3Br)n2)c1. The summed E-state index contributed by atoms with van der Waals surface area (Å²) in [6.07, 6.45) is 0. The Labute approximate surface area is 141 Å². The van der Waals surface area contributed by atoms with Crippen LogP contribution in [0, 0.1) is 0 Å². The molecule has 3 rings (SSSR count). The van der Waals surface area contributed by atoms with Crippen LogP contribution in [0.1, 0.15) is 5.89 Å². The minimum absolute atomic E-state index is 0.571. The molecule has 0 radical (unpaired) electrons.